The maximum atomic E-state index is 11.1. The molecule has 7 nitrogen and oxygen atoms in total. The number of carbonyl (C=O) groups is 2. The van der Waals surface area contributed by atoms with Crippen LogP contribution >= 0.6 is 0 Å². The molecule has 0 aliphatic rings. The highest BCUT2D eigenvalue weighted by molar-refractivity contribution is 5.92. The average Bonchev–Trinajstić information content (AvgIpc) is 3.05. The van der Waals surface area contributed by atoms with Gasteiger partial charge in [-0.25, -0.2) is 4.79 Å². The van der Waals surface area contributed by atoms with Gasteiger partial charge in [0, 0.05) is 35.8 Å². The zero-order valence-corrected chi connectivity index (χ0v) is 15.9. The Morgan fingerprint density at radius 1 is 1.17 bits per heavy atom. The third kappa shape index (κ3) is 4.38. The lowest BCUT2D eigenvalue weighted by Gasteiger charge is -2.10. The van der Waals surface area contributed by atoms with Crippen LogP contribution in [0.2, 0.25) is 0 Å². The zero-order chi connectivity index (χ0) is 21.0. The van der Waals surface area contributed by atoms with E-state index < -0.39 is 5.97 Å². The average molecular weight is 392 g/mol. The molecule has 0 aliphatic carbocycles. The third-order valence-electron chi connectivity index (χ3n) is 4.58. The first kappa shape index (κ1) is 20.0. The van der Waals surface area contributed by atoms with Gasteiger partial charge in [0.05, 0.1) is 17.7 Å². The molecule has 0 saturated carbocycles. The Morgan fingerprint density at radius 2 is 1.97 bits per heavy atom. The van der Waals surface area contributed by atoms with E-state index in [2.05, 4.69) is 6.07 Å². The lowest BCUT2D eigenvalue weighted by molar-refractivity contribution is -0.117. The minimum Gasteiger partial charge on any atom is -0.507 e. The van der Waals surface area contributed by atoms with Gasteiger partial charge < -0.3 is 24.3 Å². The van der Waals surface area contributed by atoms with Gasteiger partial charge in [-0.3, -0.25) is 0 Å². The van der Waals surface area contributed by atoms with Crippen molar-refractivity contribution in [3.8, 4) is 23.3 Å². The second-order valence-electron chi connectivity index (χ2n) is 6.72. The Hall–Kier alpha value is -3.79. The van der Waals surface area contributed by atoms with Gasteiger partial charge in [-0.15, -0.1) is 0 Å². The van der Waals surface area contributed by atoms with Crippen molar-refractivity contribution in [2.24, 2.45) is 0 Å². The van der Waals surface area contributed by atoms with Crippen LogP contribution in [0.15, 0.2) is 42.6 Å². The minimum absolute atomic E-state index is 0.158. The Kier molecular flexibility index (Phi) is 5.84. The molecule has 7 heteroatoms. The highest BCUT2D eigenvalue weighted by Crippen LogP contribution is 2.30. The van der Waals surface area contributed by atoms with E-state index in [-0.39, 0.29) is 17.1 Å². The number of nitrogens with zero attached hydrogens (tertiary/aromatic N) is 2. The van der Waals surface area contributed by atoms with E-state index >= 15 is 0 Å². The van der Waals surface area contributed by atoms with Gasteiger partial charge in [-0.05, 0) is 44.0 Å². The number of fused-ring (bicyclic) bond motifs is 1. The topological polar surface area (TPSA) is 113 Å². The zero-order valence-electron chi connectivity index (χ0n) is 15.9. The minimum atomic E-state index is -1.22. The van der Waals surface area contributed by atoms with Crippen LogP contribution in [-0.4, -0.2) is 33.1 Å². The first-order chi connectivity index (χ1) is 13.9. The SMILES string of the molecule is CC(=O)CCCCOc1ccc2c(C#N)cn(-c3ccc(C(=O)O)c(O)c3)c2c1. The summed E-state index contributed by atoms with van der Waals surface area (Å²) in [6.45, 7) is 2.04. The summed E-state index contributed by atoms with van der Waals surface area (Å²) >= 11 is 0. The number of hydrogen-bond donors (Lipinski definition) is 2. The Morgan fingerprint density at radius 3 is 2.62 bits per heavy atom. The van der Waals surface area contributed by atoms with E-state index in [1.54, 1.807) is 42.0 Å². The van der Waals surface area contributed by atoms with Crippen molar-refractivity contribution in [2.45, 2.75) is 26.2 Å². The molecule has 148 valence electrons. The number of Topliss-reactive ketones (excluding diaryl/α,β-unsaturated/α-hetero) is 1. The molecule has 0 bridgehead atoms. The number of phenols is 1. The molecule has 3 rings (SSSR count). The number of ketones is 1. The van der Waals surface area contributed by atoms with Gasteiger partial charge in [0.15, 0.2) is 0 Å². The maximum absolute atomic E-state index is 11.1. The van der Waals surface area contributed by atoms with Crippen molar-refractivity contribution in [3.63, 3.8) is 0 Å². The summed E-state index contributed by atoms with van der Waals surface area (Å²) in [7, 11) is 0. The fraction of sp³-hybridized carbons (Fsp3) is 0.227. The predicted molar refractivity (Wildman–Crippen MR) is 107 cm³/mol. The van der Waals surface area contributed by atoms with Crippen LogP contribution < -0.4 is 4.74 Å². The number of carboxylic acid groups (broad SMARTS) is 1. The van der Waals surface area contributed by atoms with E-state index in [1.165, 1.54) is 12.1 Å². The van der Waals surface area contributed by atoms with Crippen molar-refractivity contribution in [3.05, 3.63) is 53.7 Å². The third-order valence-corrected chi connectivity index (χ3v) is 4.58. The van der Waals surface area contributed by atoms with Crippen LogP contribution in [0.3, 0.4) is 0 Å². The van der Waals surface area contributed by atoms with Gasteiger partial charge in [-0.1, -0.05) is 0 Å². The molecule has 1 aromatic heterocycles. The number of hydrogen-bond acceptors (Lipinski definition) is 5. The second-order valence-corrected chi connectivity index (χ2v) is 6.72. The van der Waals surface area contributed by atoms with Gasteiger partial charge >= 0.3 is 5.97 Å². The molecule has 29 heavy (non-hydrogen) atoms. The van der Waals surface area contributed by atoms with Crippen LogP contribution in [0.5, 0.6) is 11.5 Å². The van der Waals surface area contributed by atoms with Crippen LogP contribution in [0.1, 0.15) is 42.1 Å². The predicted octanol–water partition coefficient (Wildman–Crippen LogP) is 4.04. The molecule has 3 aromatic rings. The summed E-state index contributed by atoms with van der Waals surface area (Å²) in [5, 5.41) is 29.2. The largest absolute Gasteiger partial charge is 0.507 e. The first-order valence-corrected chi connectivity index (χ1v) is 9.15. The molecule has 1 heterocycles. The van der Waals surface area contributed by atoms with Crippen molar-refractivity contribution in [2.75, 3.05) is 6.61 Å². The van der Waals surface area contributed by atoms with Gasteiger partial charge in [0.1, 0.15) is 28.9 Å². The van der Waals surface area contributed by atoms with E-state index in [0.29, 0.717) is 35.5 Å². The fourth-order valence-electron chi connectivity index (χ4n) is 3.12. The number of ether oxygens (including phenoxy) is 1. The maximum Gasteiger partial charge on any atom is 0.339 e. The van der Waals surface area contributed by atoms with E-state index in [9.17, 15) is 20.0 Å². The highest BCUT2D eigenvalue weighted by Gasteiger charge is 2.14. The summed E-state index contributed by atoms with van der Waals surface area (Å²) in [5.74, 6) is -0.793. The molecule has 0 radical (unpaired) electrons. The van der Waals surface area contributed by atoms with Gasteiger partial charge in [0.25, 0.3) is 0 Å². The molecule has 2 aromatic carbocycles. The van der Waals surface area contributed by atoms with E-state index in [4.69, 9.17) is 9.84 Å². The molecule has 0 atom stereocenters. The molecule has 2 N–H and O–H groups in total. The summed E-state index contributed by atoms with van der Waals surface area (Å²) in [4.78, 5) is 22.1. The summed E-state index contributed by atoms with van der Waals surface area (Å²) in [5.41, 5.74) is 1.48. The summed E-state index contributed by atoms with van der Waals surface area (Å²) < 4.78 is 7.48. The monoisotopic (exact) mass is 392 g/mol. The number of carbonyl (C=O) groups excluding carboxylic acids is 1. The van der Waals surface area contributed by atoms with Crippen molar-refractivity contribution >= 4 is 22.7 Å². The molecule has 0 amide bonds. The lowest BCUT2D eigenvalue weighted by atomic mass is 10.1. The quantitative estimate of drug-likeness (QED) is 0.559. The second kappa shape index (κ2) is 8.48. The smallest absolute Gasteiger partial charge is 0.339 e. The van der Waals surface area contributed by atoms with Crippen LogP contribution in [0.4, 0.5) is 0 Å². The Balaban J connectivity index is 1.91. The number of aromatic carboxylic acids is 1. The first-order valence-electron chi connectivity index (χ1n) is 9.15. The molecular formula is C22H20N2O5. The molecular weight excluding hydrogens is 372 g/mol. The standard InChI is InChI=1S/C22H20N2O5/c1-14(25)4-2-3-9-29-17-6-8-18-15(12-23)13-24(20(18)11-17)16-5-7-19(22(27)28)21(26)10-16/h5-8,10-11,13,26H,2-4,9H2,1H3,(H,27,28). The normalized spacial score (nSPS) is 10.6. The molecule has 0 fully saturated rings. The number of unbranched alkanes of at least 4 members (excludes halogenated alkanes) is 1. The highest BCUT2D eigenvalue weighted by atomic mass is 16.5. The lowest BCUT2D eigenvalue weighted by Crippen LogP contribution is -2.00. The van der Waals surface area contributed by atoms with Gasteiger partial charge in [-0.2, -0.15) is 5.26 Å². The number of carboxylic acids is 1. The van der Waals surface area contributed by atoms with Crippen molar-refractivity contribution < 1.29 is 24.5 Å². The molecule has 0 saturated heterocycles. The van der Waals surface area contributed by atoms with Crippen molar-refractivity contribution in [1.29, 1.82) is 5.26 Å². The number of aromatic nitrogens is 1. The van der Waals surface area contributed by atoms with E-state index in [0.717, 1.165) is 18.2 Å². The summed E-state index contributed by atoms with van der Waals surface area (Å²) in [6.07, 6.45) is 3.69. The van der Waals surface area contributed by atoms with Crippen molar-refractivity contribution in [1.82, 2.24) is 4.57 Å². The molecule has 0 unspecified atom stereocenters. The number of benzene rings is 2. The molecule has 0 spiro atoms. The van der Waals surface area contributed by atoms with Crippen LogP contribution in [0.25, 0.3) is 16.6 Å². The Labute approximate surface area is 167 Å². The Bertz CT molecular complexity index is 1120. The van der Waals surface area contributed by atoms with Crippen LogP contribution in [-0.2, 0) is 4.79 Å². The summed E-state index contributed by atoms with van der Waals surface area (Å²) in [6, 6.07) is 11.7. The van der Waals surface area contributed by atoms with Gasteiger partial charge in [0.2, 0.25) is 0 Å². The fourth-order valence-corrected chi connectivity index (χ4v) is 3.12. The molecule has 0 aliphatic heterocycles. The number of rotatable bonds is 8. The van der Waals surface area contributed by atoms with E-state index in [1.807, 2.05) is 0 Å². The number of nitriles is 1. The number of aromatic hydroxyl groups is 1. The van der Waals surface area contributed by atoms with Crippen LogP contribution in [0, 0.1) is 11.3 Å².